The number of hydrogen-bond acceptors (Lipinski definition) is 4. The Morgan fingerprint density at radius 1 is 1.38 bits per heavy atom. The maximum Gasteiger partial charge on any atom is 0.244 e. The molecule has 0 bridgehead atoms. The molecule has 1 aromatic heterocycles. The fourth-order valence-corrected chi connectivity index (χ4v) is 0.902. The third-order valence-corrected chi connectivity index (χ3v) is 1.52. The van der Waals surface area contributed by atoms with Crippen LogP contribution in [-0.4, -0.2) is 37.0 Å². The smallest absolute Gasteiger partial charge is 0.244 e. The molecule has 0 aliphatic carbocycles. The van der Waals surface area contributed by atoms with Crippen molar-refractivity contribution in [3.63, 3.8) is 0 Å². The second kappa shape index (κ2) is 5.69. The van der Waals surface area contributed by atoms with Gasteiger partial charge in [0.25, 0.3) is 0 Å². The molecular formula is C8H14N2O3. The van der Waals surface area contributed by atoms with Crippen LogP contribution in [-0.2, 0) is 14.2 Å². The van der Waals surface area contributed by atoms with Gasteiger partial charge in [0, 0.05) is 26.6 Å². The average Bonchev–Trinajstić information content (AvgIpc) is 2.65. The summed E-state index contributed by atoms with van der Waals surface area (Å²) in [5.74, 6) is 0. The Morgan fingerprint density at radius 2 is 2.23 bits per heavy atom. The molecule has 0 aliphatic heterocycles. The number of rotatable bonds is 6. The highest BCUT2D eigenvalue weighted by atomic mass is 16.7. The van der Waals surface area contributed by atoms with Gasteiger partial charge in [-0.1, -0.05) is 0 Å². The zero-order valence-electron chi connectivity index (χ0n) is 7.84. The standard InChI is InChI=1S/C8H14N2O3/c1-11-5-6-13-8(12-2)10-4-3-9-7-10/h3-4,7-8H,5-6H2,1-2H3. The summed E-state index contributed by atoms with van der Waals surface area (Å²) < 4.78 is 17.0. The summed E-state index contributed by atoms with van der Waals surface area (Å²) in [7, 11) is 3.21. The Morgan fingerprint density at radius 3 is 2.77 bits per heavy atom. The molecule has 0 aromatic carbocycles. The van der Waals surface area contributed by atoms with Crippen LogP contribution in [0.4, 0.5) is 0 Å². The summed E-state index contributed by atoms with van der Waals surface area (Å²) in [6, 6.07) is 0. The van der Waals surface area contributed by atoms with Gasteiger partial charge in [0.05, 0.1) is 19.5 Å². The quantitative estimate of drug-likeness (QED) is 0.483. The number of nitrogens with zero attached hydrogens (tertiary/aromatic N) is 2. The van der Waals surface area contributed by atoms with Crippen LogP contribution < -0.4 is 0 Å². The molecule has 0 amide bonds. The highest BCUT2D eigenvalue weighted by molar-refractivity contribution is 4.74. The maximum atomic E-state index is 5.35. The largest absolute Gasteiger partial charge is 0.382 e. The van der Waals surface area contributed by atoms with Crippen molar-refractivity contribution < 1.29 is 14.2 Å². The van der Waals surface area contributed by atoms with E-state index in [1.807, 2.05) is 0 Å². The van der Waals surface area contributed by atoms with Crippen LogP contribution in [0, 0.1) is 0 Å². The van der Waals surface area contributed by atoms with E-state index in [-0.39, 0.29) is 0 Å². The second-order valence-electron chi connectivity index (χ2n) is 2.42. The van der Waals surface area contributed by atoms with Crippen LogP contribution in [0.5, 0.6) is 0 Å². The minimum atomic E-state index is -0.419. The van der Waals surface area contributed by atoms with Crippen molar-refractivity contribution in [3.05, 3.63) is 18.7 Å². The van der Waals surface area contributed by atoms with Crippen LogP contribution in [0.2, 0.25) is 0 Å². The summed E-state index contributed by atoms with van der Waals surface area (Å²) in [6.45, 7) is 1.04. The SMILES string of the molecule is COCCOC(OC)n1ccnc1. The summed E-state index contributed by atoms with van der Waals surface area (Å²) in [6.07, 6.45) is 4.67. The Balaban J connectivity index is 2.35. The summed E-state index contributed by atoms with van der Waals surface area (Å²) in [5.41, 5.74) is 0. The van der Waals surface area contributed by atoms with Crippen LogP contribution in [0.15, 0.2) is 18.7 Å². The fraction of sp³-hybridized carbons (Fsp3) is 0.625. The van der Waals surface area contributed by atoms with Crippen molar-refractivity contribution in [3.8, 4) is 0 Å². The van der Waals surface area contributed by atoms with Gasteiger partial charge in [-0.2, -0.15) is 0 Å². The molecule has 0 aliphatic rings. The van der Waals surface area contributed by atoms with Crippen molar-refractivity contribution in [2.45, 2.75) is 6.41 Å². The Hall–Kier alpha value is -0.910. The van der Waals surface area contributed by atoms with E-state index < -0.39 is 6.41 Å². The highest BCUT2D eigenvalue weighted by Gasteiger charge is 2.07. The number of ether oxygens (including phenoxy) is 3. The van der Waals surface area contributed by atoms with E-state index in [1.165, 1.54) is 0 Å². The molecule has 0 N–H and O–H groups in total. The van der Waals surface area contributed by atoms with Gasteiger partial charge in [-0.3, -0.25) is 4.57 Å². The summed E-state index contributed by atoms with van der Waals surface area (Å²) in [5, 5.41) is 0. The Bertz CT molecular complexity index is 213. The van der Waals surface area contributed by atoms with E-state index in [9.17, 15) is 0 Å². The number of aromatic nitrogens is 2. The summed E-state index contributed by atoms with van der Waals surface area (Å²) in [4.78, 5) is 3.89. The van der Waals surface area contributed by atoms with Crippen LogP contribution in [0.3, 0.4) is 0 Å². The predicted molar refractivity (Wildman–Crippen MR) is 46.1 cm³/mol. The van der Waals surface area contributed by atoms with E-state index in [0.29, 0.717) is 13.2 Å². The molecule has 13 heavy (non-hydrogen) atoms. The van der Waals surface area contributed by atoms with Crippen molar-refractivity contribution >= 4 is 0 Å². The van der Waals surface area contributed by atoms with E-state index >= 15 is 0 Å². The van der Waals surface area contributed by atoms with E-state index in [0.717, 1.165) is 0 Å². The van der Waals surface area contributed by atoms with Crippen LogP contribution in [0.25, 0.3) is 0 Å². The van der Waals surface area contributed by atoms with Gasteiger partial charge in [0.1, 0.15) is 0 Å². The zero-order chi connectivity index (χ0) is 9.52. The van der Waals surface area contributed by atoms with Crippen molar-refractivity contribution in [1.29, 1.82) is 0 Å². The minimum absolute atomic E-state index is 0.419. The zero-order valence-corrected chi connectivity index (χ0v) is 7.84. The molecular weight excluding hydrogens is 172 g/mol. The first-order chi connectivity index (χ1) is 6.38. The molecule has 1 rings (SSSR count). The topological polar surface area (TPSA) is 45.5 Å². The van der Waals surface area contributed by atoms with E-state index in [1.54, 1.807) is 37.5 Å². The fourth-order valence-electron chi connectivity index (χ4n) is 0.902. The molecule has 0 saturated carbocycles. The van der Waals surface area contributed by atoms with Crippen molar-refractivity contribution in [2.75, 3.05) is 27.4 Å². The third-order valence-electron chi connectivity index (χ3n) is 1.52. The lowest BCUT2D eigenvalue weighted by Crippen LogP contribution is -2.15. The van der Waals surface area contributed by atoms with Gasteiger partial charge in [0.15, 0.2) is 0 Å². The molecule has 1 atom stereocenters. The lowest BCUT2D eigenvalue weighted by atomic mass is 10.7. The third kappa shape index (κ3) is 3.14. The Labute approximate surface area is 77.2 Å². The molecule has 5 nitrogen and oxygen atoms in total. The van der Waals surface area contributed by atoms with Gasteiger partial charge >= 0.3 is 0 Å². The van der Waals surface area contributed by atoms with Crippen molar-refractivity contribution in [2.24, 2.45) is 0 Å². The van der Waals surface area contributed by atoms with Crippen molar-refractivity contribution in [1.82, 2.24) is 9.55 Å². The predicted octanol–water partition coefficient (Wildman–Crippen LogP) is 0.649. The molecule has 0 saturated heterocycles. The molecule has 5 heteroatoms. The second-order valence-corrected chi connectivity index (χ2v) is 2.42. The molecule has 0 fully saturated rings. The first kappa shape index (κ1) is 10.2. The van der Waals surface area contributed by atoms with Gasteiger partial charge in [0.2, 0.25) is 6.41 Å². The van der Waals surface area contributed by atoms with Crippen LogP contribution >= 0.6 is 0 Å². The highest BCUT2D eigenvalue weighted by Crippen LogP contribution is 2.07. The molecule has 0 radical (unpaired) electrons. The molecule has 1 heterocycles. The molecule has 0 spiro atoms. The van der Waals surface area contributed by atoms with Crippen LogP contribution in [0.1, 0.15) is 6.41 Å². The lowest BCUT2D eigenvalue weighted by molar-refractivity contribution is -0.180. The molecule has 74 valence electrons. The lowest BCUT2D eigenvalue weighted by Gasteiger charge is -2.16. The first-order valence-corrected chi connectivity index (χ1v) is 3.99. The number of hydrogen-bond donors (Lipinski definition) is 0. The Kier molecular flexibility index (Phi) is 4.45. The van der Waals surface area contributed by atoms with Gasteiger partial charge in [-0.05, 0) is 0 Å². The van der Waals surface area contributed by atoms with E-state index in [4.69, 9.17) is 14.2 Å². The molecule has 1 unspecified atom stereocenters. The van der Waals surface area contributed by atoms with E-state index in [2.05, 4.69) is 4.98 Å². The normalized spacial score (nSPS) is 13.1. The van der Waals surface area contributed by atoms with Gasteiger partial charge in [-0.15, -0.1) is 0 Å². The average molecular weight is 186 g/mol. The number of imidazole rings is 1. The monoisotopic (exact) mass is 186 g/mol. The minimum Gasteiger partial charge on any atom is -0.382 e. The maximum absolute atomic E-state index is 5.35. The first-order valence-electron chi connectivity index (χ1n) is 3.99. The summed E-state index contributed by atoms with van der Waals surface area (Å²) >= 11 is 0. The molecule has 1 aromatic rings. The van der Waals surface area contributed by atoms with Gasteiger partial charge in [-0.25, -0.2) is 4.98 Å². The number of methoxy groups -OCH3 is 2. The van der Waals surface area contributed by atoms with Gasteiger partial charge < -0.3 is 14.2 Å².